The Bertz CT molecular complexity index is 1010. The van der Waals surface area contributed by atoms with Gasteiger partial charge in [0.2, 0.25) is 0 Å². The maximum absolute atomic E-state index is 12.4. The molecule has 26 heavy (non-hydrogen) atoms. The number of carbonyl (C=O) groups excluding carboxylic acids is 2. The number of anilines is 1. The maximum atomic E-state index is 12.4. The van der Waals surface area contributed by atoms with Crippen LogP contribution in [0.2, 0.25) is 5.15 Å². The smallest absolute Gasteiger partial charge is 0.359 e. The second-order valence-corrected chi connectivity index (χ2v) is 7.41. The summed E-state index contributed by atoms with van der Waals surface area (Å²) in [5.41, 5.74) is 3.43. The molecule has 1 aliphatic rings. The molecule has 0 bridgehead atoms. The van der Waals surface area contributed by atoms with Crippen LogP contribution in [-0.2, 0) is 22.4 Å². The van der Waals surface area contributed by atoms with Gasteiger partial charge in [-0.1, -0.05) is 17.7 Å². The lowest BCUT2D eigenvalue weighted by molar-refractivity contribution is -0.123. The summed E-state index contributed by atoms with van der Waals surface area (Å²) in [5.74, 6) is -1.07. The summed E-state index contributed by atoms with van der Waals surface area (Å²) in [6.07, 6.45) is 3.98. The first-order valence-corrected chi connectivity index (χ1v) is 9.53. The Kier molecular flexibility index (Phi) is 4.42. The van der Waals surface area contributed by atoms with E-state index in [-0.39, 0.29) is 10.8 Å². The Hall–Kier alpha value is -2.38. The standard InChI is InChI=1S/C18H16ClN3O3S/c1-10(16(23)20-13-6-5-11-3-2-4-12(11)9-13)25-17(24)14-15(19)21-18-22(14)7-8-26-18/h5-10H,2-4H2,1H3,(H,20,23)/t10-/m1/s1. The molecule has 3 aromatic rings. The van der Waals surface area contributed by atoms with E-state index in [0.29, 0.717) is 10.6 Å². The molecule has 2 aromatic heterocycles. The fourth-order valence-electron chi connectivity index (χ4n) is 3.11. The SMILES string of the molecule is C[C@@H](OC(=O)c1c(Cl)nc2sccn12)C(=O)Nc1ccc2c(c1)CCC2. The summed E-state index contributed by atoms with van der Waals surface area (Å²) in [4.78, 5) is 29.5. The van der Waals surface area contributed by atoms with Gasteiger partial charge in [-0.2, -0.15) is 0 Å². The van der Waals surface area contributed by atoms with Crippen molar-refractivity contribution in [2.45, 2.75) is 32.3 Å². The predicted molar refractivity (Wildman–Crippen MR) is 100 cm³/mol. The Balaban J connectivity index is 1.45. The third-order valence-corrected chi connectivity index (χ3v) is 5.45. The van der Waals surface area contributed by atoms with Crippen molar-refractivity contribution < 1.29 is 14.3 Å². The highest BCUT2D eigenvalue weighted by Crippen LogP contribution is 2.25. The zero-order chi connectivity index (χ0) is 18.3. The molecular formula is C18H16ClN3O3S. The molecule has 2 heterocycles. The average Bonchev–Trinajstić information content (AvgIpc) is 3.29. The van der Waals surface area contributed by atoms with Gasteiger partial charge in [0.25, 0.3) is 5.91 Å². The molecule has 1 N–H and O–H groups in total. The van der Waals surface area contributed by atoms with Gasteiger partial charge in [-0.05, 0) is 49.4 Å². The fourth-order valence-corrected chi connectivity index (χ4v) is 4.12. The summed E-state index contributed by atoms with van der Waals surface area (Å²) in [7, 11) is 0. The molecule has 1 aliphatic carbocycles. The number of rotatable bonds is 4. The number of ether oxygens (including phenoxy) is 1. The molecule has 1 atom stereocenters. The van der Waals surface area contributed by atoms with E-state index in [4.69, 9.17) is 16.3 Å². The second-order valence-electron chi connectivity index (χ2n) is 6.18. The van der Waals surface area contributed by atoms with Crippen molar-refractivity contribution in [3.8, 4) is 0 Å². The molecule has 1 aromatic carbocycles. The zero-order valence-electron chi connectivity index (χ0n) is 14.0. The average molecular weight is 390 g/mol. The van der Waals surface area contributed by atoms with Crippen LogP contribution >= 0.6 is 22.9 Å². The number of nitrogens with zero attached hydrogens (tertiary/aromatic N) is 2. The lowest BCUT2D eigenvalue weighted by Crippen LogP contribution is -2.30. The van der Waals surface area contributed by atoms with Gasteiger partial charge in [-0.3, -0.25) is 9.20 Å². The Morgan fingerprint density at radius 3 is 3.00 bits per heavy atom. The quantitative estimate of drug-likeness (QED) is 0.690. The normalized spacial score (nSPS) is 14.2. The van der Waals surface area contributed by atoms with Crippen molar-refractivity contribution in [1.29, 1.82) is 0 Å². The summed E-state index contributed by atoms with van der Waals surface area (Å²) >= 11 is 7.38. The molecule has 0 spiro atoms. The number of hydrogen-bond acceptors (Lipinski definition) is 5. The number of halogens is 1. The van der Waals surface area contributed by atoms with Crippen molar-refractivity contribution in [2.75, 3.05) is 5.32 Å². The number of benzene rings is 1. The molecule has 0 saturated carbocycles. The lowest BCUT2D eigenvalue weighted by atomic mass is 10.1. The Labute approximate surface area is 158 Å². The highest BCUT2D eigenvalue weighted by Gasteiger charge is 2.25. The van der Waals surface area contributed by atoms with Gasteiger partial charge in [0.05, 0.1) is 0 Å². The van der Waals surface area contributed by atoms with Crippen molar-refractivity contribution in [2.24, 2.45) is 0 Å². The molecule has 0 fully saturated rings. The summed E-state index contributed by atoms with van der Waals surface area (Å²) < 4.78 is 6.84. The minimum atomic E-state index is -0.962. The first-order valence-electron chi connectivity index (χ1n) is 8.27. The predicted octanol–water partition coefficient (Wildman–Crippen LogP) is 3.72. The van der Waals surface area contributed by atoms with Gasteiger partial charge < -0.3 is 10.1 Å². The van der Waals surface area contributed by atoms with E-state index in [1.165, 1.54) is 29.4 Å². The van der Waals surface area contributed by atoms with Gasteiger partial charge in [-0.15, -0.1) is 11.3 Å². The number of nitrogens with one attached hydrogen (secondary N) is 1. The van der Waals surface area contributed by atoms with Crippen LogP contribution in [0.3, 0.4) is 0 Å². The summed E-state index contributed by atoms with van der Waals surface area (Å²) in [5, 5.41) is 4.65. The number of hydrogen-bond donors (Lipinski definition) is 1. The number of carbonyl (C=O) groups is 2. The van der Waals surface area contributed by atoms with Gasteiger partial charge in [0, 0.05) is 17.3 Å². The summed E-state index contributed by atoms with van der Waals surface area (Å²) in [6, 6.07) is 5.89. The van der Waals surface area contributed by atoms with Crippen LogP contribution in [0.4, 0.5) is 5.69 Å². The number of imidazole rings is 1. The van der Waals surface area contributed by atoms with Crippen molar-refractivity contribution in [1.82, 2.24) is 9.38 Å². The van der Waals surface area contributed by atoms with Crippen LogP contribution in [0.25, 0.3) is 4.96 Å². The lowest BCUT2D eigenvalue weighted by Gasteiger charge is -2.14. The fraction of sp³-hybridized carbons (Fsp3) is 0.278. The van der Waals surface area contributed by atoms with Crippen molar-refractivity contribution in [3.05, 3.63) is 51.7 Å². The third kappa shape index (κ3) is 3.08. The zero-order valence-corrected chi connectivity index (χ0v) is 15.6. The van der Waals surface area contributed by atoms with E-state index < -0.39 is 18.0 Å². The minimum Gasteiger partial charge on any atom is -0.448 e. The van der Waals surface area contributed by atoms with Crippen LogP contribution < -0.4 is 5.32 Å². The van der Waals surface area contributed by atoms with Gasteiger partial charge in [-0.25, -0.2) is 9.78 Å². The van der Waals surface area contributed by atoms with Gasteiger partial charge >= 0.3 is 5.97 Å². The molecule has 8 heteroatoms. The molecule has 0 aliphatic heterocycles. The van der Waals surface area contributed by atoms with Crippen molar-refractivity contribution in [3.63, 3.8) is 0 Å². The molecule has 4 rings (SSSR count). The third-order valence-electron chi connectivity index (χ3n) is 4.43. The van der Waals surface area contributed by atoms with Crippen molar-refractivity contribution >= 4 is 45.5 Å². The number of thiazole rings is 1. The first-order chi connectivity index (χ1) is 12.5. The second kappa shape index (κ2) is 6.74. The molecule has 6 nitrogen and oxygen atoms in total. The monoisotopic (exact) mass is 389 g/mol. The molecule has 0 saturated heterocycles. The largest absolute Gasteiger partial charge is 0.448 e. The Morgan fingerprint density at radius 1 is 1.35 bits per heavy atom. The molecule has 1 amide bonds. The number of fused-ring (bicyclic) bond motifs is 2. The topological polar surface area (TPSA) is 72.7 Å². The summed E-state index contributed by atoms with van der Waals surface area (Å²) in [6.45, 7) is 1.53. The van der Waals surface area contributed by atoms with E-state index in [0.717, 1.165) is 19.3 Å². The van der Waals surface area contributed by atoms with Crippen LogP contribution in [-0.4, -0.2) is 27.4 Å². The van der Waals surface area contributed by atoms with Crippen LogP contribution in [0, 0.1) is 0 Å². The number of esters is 1. The van der Waals surface area contributed by atoms with E-state index in [2.05, 4.69) is 10.3 Å². The maximum Gasteiger partial charge on any atom is 0.359 e. The number of amides is 1. The highest BCUT2D eigenvalue weighted by molar-refractivity contribution is 7.15. The molecular weight excluding hydrogens is 374 g/mol. The van der Waals surface area contributed by atoms with Gasteiger partial charge in [0.15, 0.2) is 21.9 Å². The van der Waals surface area contributed by atoms with Gasteiger partial charge in [0.1, 0.15) is 0 Å². The van der Waals surface area contributed by atoms with Crippen LogP contribution in [0.15, 0.2) is 29.8 Å². The number of aromatic nitrogens is 2. The molecule has 0 unspecified atom stereocenters. The molecule has 134 valence electrons. The Morgan fingerprint density at radius 2 is 2.15 bits per heavy atom. The van der Waals surface area contributed by atoms with E-state index >= 15 is 0 Å². The molecule has 0 radical (unpaired) electrons. The van der Waals surface area contributed by atoms with E-state index in [1.807, 2.05) is 18.2 Å². The number of aryl methyl sites for hydroxylation is 2. The van der Waals surface area contributed by atoms with E-state index in [9.17, 15) is 9.59 Å². The minimum absolute atomic E-state index is 0.0630. The van der Waals surface area contributed by atoms with E-state index in [1.54, 1.807) is 16.0 Å². The van der Waals surface area contributed by atoms with Crippen LogP contribution in [0.1, 0.15) is 35.0 Å². The first kappa shape index (κ1) is 17.1. The van der Waals surface area contributed by atoms with Crippen LogP contribution in [0.5, 0.6) is 0 Å². The highest BCUT2D eigenvalue weighted by atomic mass is 35.5.